The van der Waals surface area contributed by atoms with Gasteiger partial charge in [-0.15, -0.1) is 0 Å². The van der Waals surface area contributed by atoms with Crippen molar-refractivity contribution in [3.63, 3.8) is 0 Å². The number of amides is 1. The zero-order valence-corrected chi connectivity index (χ0v) is 10.2. The predicted octanol–water partition coefficient (Wildman–Crippen LogP) is 1.28. The number of carboxylic acid groups (broad SMARTS) is 1. The van der Waals surface area contributed by atoms with Gasteiger partial charge in [0.25, 0.3) is 5.91 Å². The summed E-state index contributed by atoms with van der Waals surface area (Å²) in [6.45, 7) is 3.15. The number of aliphatic carboxylic acids is 1. The van der Waals surface area contributed by atoms with E-state index in [1.165, 1.54) is 6.92 Å². The van der Waals surface area contributed by atoms with E-state index in [4.69, 9.17) is 11.6 Å². The summed E-state index contributed by atoms with van der Waals surface area (Å²) in [4.78, 5) is 21.9. The number of rotatable bonds is 3. The highest BCUT2D eigenvalue weighted by molar-refractivity contribution is 6.31. The van der Waals surface area contributed by atoms with Gasteiger partial charge in [0.1, 0.15) is 0 Å². The highest BCUT2D eigenvalue weighted by atomic mass is 35.5. The van der Waals surface area contributed by atoms with Gasteiger partial charge in [-0.25, -0.2) is 0 Å². The minimum absolute atomic E-state index is 0.0596. The summed E-state index contributed by atoms with van der Waals surface area (Å²) in [5.74, 6) is -1.90. The Hall–Kier alpha value is -1.81. The number of anilines is 1. The normalized spacial score (nSPS) is 11.1. The summed E-state index contributed by atoms with van der Waals surface area (Å²) in [6.07, 6.45) is 0.745. The Kier molecular flexibility index (Phi) is 4.29. The molecule has 0 atom stereocenters. The van der Waals surface area contributed by atoms with Crippen molar-refractivity contribution in [1.82, 2.24) is 0 Å². The summed E-state index contributed by atoms with van der Waals surface area (Å²) in [5.41, 5.74) is 1.33. The molecule has 0 saturated heterocycles. The van der Waals surface area contributed by atoms with Gasteiger partial charge < -0.3 is 15.2 Å². The first kappa shape index (κ1) is 13.3. The molecule has 0 radical (unpaired) electrons. The zero-order chi connectivity index (χ0) is 13.0. The van der Waals surface area contributed by atoms with Crippen LogP contribution < -0.4 is 10.4 Å². The van der Waals surface area contributed by atoms with E-state index < -0.39 is 11.9 Å². The average molecular weight is 253 g/mol. The summed E-state index contributed by atoms with van der Waals surface area (Å²) in [5, 5.41) is 13.4. The summed E-state index contributed by atoms with van der Waals surface area (Å²) >= 11 is 5.89. The minimum atomic E-state index is -1.40. The zero-order valence-electron chi connectivity index (χ0n) is 9.41. The SMILES string of the molecule is C/C(=C/C(=O)[O-])C(=O)Nc1cccc(Cl)c1C. The molecule has 90 valence electrons. The summed E-state index contributed by atoms with van der Waals surface area (Å²) < 4.78 is 0. The monoisotopic (exact) mass is 252 g/mol. The fraction of sp³-hybridized carbons (Fsp3) is 0.167. The highest BCUT2D eigenvalue weighted by Crippen LogP contribution is 2.23. The van der Waals surface area contributed by atoms with E-state index in [-0.39, 0.29) is 5.57 Å². The van der Waals surface area contributed by atoms with Crippen LogP contribution >= 0.6 is 11.6 Å². The maximum absolute atomic E-state index is 11.6. The van der Waals surface area contributed by atoms with Gasteiger partial charge in [-0.3, -0.25) is 4.79 Å². The highest BCUT2D eigenvalue weighted by Gasteiger charge is 2.08. The molecule has 1 amide bonds. The number of hydrogen-bond acceptors (Lipinski definition) is 3. The lowest BCUT2D eigenvalue weighted by atomic mass is 10.2. The third-order valence-electron chi connectivity index (χ3n) is 2.21. The molecule has 4 nitrogen and oxygen atoms in total. The topological polar surface area (TPSA) is 69.2 Å². The van der Waals surface area contributed by atoms with Crippen LogP contribution in [0.3, 0.4) is 0 Å². The second-order valence-electron chi connectivity index (χ2n) is 3.51. The van der Waals surface area contributed by atoms with Crippen molar-refractivity contribution in [3.05, 3.63) is 40.4 Å². The van der Waals surface area contributed by atoms with Crippen LogP contribution in [0.2, 0.25) is 5.02 Å². The molecular weight excluding hydrogens is 242 g/mol. The van der Waals surface area contributed by atoms with Crippen LogP contribution in [0.25, 0.3) is 0 Å². The van der Waals surface area contributed by atoms with Gasteiger partial charge in [-0.1, -0.05) is 17.7 Å². The Balaban J connectivity index is 2.89. The fourth-order valence-electron chi connectivity index (χ4n) is 1.21. The predicted molar refractivity (Wildman–Crippen MR) is 63.6 cm³/mol. The second kappa shape index (κ2) is 5.50. The molecule has 0 fully saturated rings. The molecule has 0 aliphatic carbocycles. The molecule has 17 heavy (non-hydrogen) atoms. The Bertz CT molecular complexity index is 495. The van der Waals surface area contributed by atoms with E-state index in [0.717, 1.165) is 11.6 Å². The van der Waals surface area contributed by atoms with Crippen LogP contribution in [0.1, 0.15) is 12.5 Å². The molecule has 0 aliphatic heterocycles. The number of halogens is 1. The smallest absolute Gasteiger partial charge is 0.251 e. The number of benzene rings is 1. The van der Waals surface area contributed by atoms with E-state index in [0.29, 0.717) is 10.7 Å². The Labute approximate surface area is 104 Å². The van der Waals surface area contributed by atoms with E-state index in [1.807, 2.05) is 0 Å². The number of carboxylic acids is 1. The minimum Gasteiger partial charge on any atom is -0.545 e. The number of nitrogens with one attached hydrogen (secondary N) is 1. The van der Waals surface area contributed by atoms with Crippen molar-refractivity contribution in [2.45, 2.75) is 13.8 Å². The van der Waals surface area contributed by atoms with E-state index in [2.05, 4.69) is 5.32 Å². The molecule has 1 aromatic rings. The van der Waals surface area contributed by atoms with Gasteiger partial charge >= 0.3 is 0 Å². The maximum Gasteiger partial charge on any atom is 0.251 e. The summed E-state index contributed by atoms with van der Waals surface area (Å²) in [6, 6.07) is 5.09. The second-order valence-corrected chi connectivity index (χ2v) is 3.92. The molecule has 1 N–H and O–H groups in total. The number of carbonyl (C=O) groups excluding carboxylic acids is 2. The maximum atomic E-state index is 11.6. The molecule has 0 heterocycles. The molecule has 0 spiro atoms. The fourth-order valence-corrected chi connectivity index (χ4v) is 1.38. The van der Waals surface area contributed by atoms with E-state index in [1.54, 1.807) is 25.1 Å². The molecule has 1 rings (SSSR count). The van der Waals surface area contributed by atoms with Crippen molar-refractivity contribution in [1.29, 1.82) is 0 Å². The quantitative estimate of drug-likeness (QED) is 0.824. The third kappa shape index (κ3) is 3.60. The average Bonchev–Trinajstić information content (AvgIpc) is 2.23. The van der Waals surface area contributed by atoms with E-state index >= 15 is 0 Å². The molecule has 0 bridgehead atoms. The van der Waals surface area contributed by atoms with Gasteiger partial charge in [0.15, 0.2) is 0 Å². The standard InChI is InChI=1S/C12H12ClNO3/c1-7(6-11(15)16)12(17)14-10-5-3-4-9(13)8(10)2/h3-6H,1-2H3,(H,14,17)(H,15,16)/p-1/b7-6-. The molecule has 0 aliphatic rings. The van der Waals surface area contributed by atoms with Gasteiger partial charge in [-0.05, 0) is 37.6 Å². The van der Waals surface area contributed by atoms with Crippen molar-refractivity contribution >= 4 is 29.2 Å². The molecule has 0 aromatic heterocycles. The Morgan fingerprint density at radius 3 is 2.65 bits per heavy atom. The van der Waals surface area contributed by atoms with E-state index in [9.17, 15) is 14.7 Å². The lowest BCUT2D eigenvalue weighted by Gasteiger charge is -2.09. The van der Waals surface area contributed by atoms with Crippen molar-refractivity contribution < 1.29 is 14.7 Å². The third-order valence-corrected chi connectivity index (χ3v) is 2.62. The number of carbonyl (C=O) groups is 2. The van der Waals surface area contributed by atoms with Gasteiger partial charge in [0.05, 0.1) is 5.97 Å². The molecule has 0 saturated carbocycles. The molecular formula is C12H11ClNO3-. The molecule has 5 heteroatoms. The summed E-state index contributed by atoms with van der Waals surface area (Å²) in [7, 11) is 0. The van der Waals surface area contributed by atoms with Crippen LogP contribution in [0.15, 0.2) is 29.8 Å². The Morgan fingerprint density at radius 2 is 2.06 bits per heavy atom. The molecule has 0 unspecified atom stereocenters. The Morgan fingerprint density at radius 1 is 1.41 bits per heavy atom. The van der Waals surface area contributed by atoms with Crippen LogP contribution in [0.5, 0.6) is 0 Å². The largest absolute Gasteiger partial charge is 0.545 e. The van der Waals surface area contributed by atoms with Crippen LogP contribution in [0, 0.1) is 6.92 Å². The lowest BCUT2D eigenvalue weighted by molar-refractivity contribution is -0.297. The van der Waals surface area contributed by atoms with Crippen molar-refractivity contribution in [2.75, 3.05) is 5.32 Å². The lowest BCUT2D eigenvalue weighted by Crippen LogP contribution is -2.22. The van der Waals surface area contributed by atoms with Crippen LogP contribution in [0.4, 0.5) is 5.69 Å². The van der Waals surface area contributed by atoms with Gasteiger partial charge in [0, 0.05) is 16.3 Å². The first-order valence-electron chi connectivity index (χ1n) is 4.87. The van der Waals surface area contributed by atoms with Crippen molar-refractivity contribution in [2.24, 2.45) is 0 Å². The van der Waals surface area contributed by atoms with Crippen LogP contribution in [-0.4, -0.2) is 11.9 Å². The van der Waals surface area contributed by atoms with Gasteiger partial charge in [0.2, 0.25) is 0 Å². The first-order valence-corrected chi connectivity index (χ1v) is 5.25. The van der Waals surface area contributed by atoms with Gasteiger partial charge in [-0.2, -0.15) is 0 Å². The first-order chi connectivity index (χ1) is 7.91. The van der Waals surface area contributed by atoms with Crippen molar-refractivity contribution in [3.8, 4) is 0 Å². The number of hydrogen-bond donors (Lipinski definition) is 1. The molecule has 1 aromatic carbocycles. The van der Waals surface area contributed by atoms with Crippen LogP contribution in [-0.2, 0) is 9.59 Å².